The first-order chi connectivity index (χ1) is 9.99. The molecule has 0 saturated carbocycles. The summed E-state index contributed by atoms with van der Waals surface area (Å²) in [7, 11) is 0. The van der Waals surface area contributed by atoms with Gasteiger partial charge < -0.3 is 20.5 Å². The van der Waals surface area contributed by atoms with Crippen molar-refractivity contribution in [3.8, 4) is 0 Å². The van der Waals surface area contributed by atoms with Crippen LogP contribution in [-0.2, 0) is 14.3 Å². The average Bonchev–Trinajstić information content (AvgIpc) is 2.43. The Hall–Kier alpha value is -1.50. The minimum absolute atomic E-state index is 0.0946. The highest BCUT2D eigenvalue weighted by atomic mass is 32.1. The highest BCUT2D eigenvalue weighted by Gasteiger charge is 2.03. The molecule has 0 fully saturated rings. The monoisotopic (exact) mass is 310 g/mol. The fraction of sp³-hybridized carbons (Fsp3) is 0.467. The lowest BCUT2D eigenvalue weighted by atomic mass is 10.2. The second-order valence-corrected chi connectivity index (χ2v) is 5.21. The molecule has 0 aliphatic heterocycles. The molecule has 0 radical (unpaired) electrons. The van der Waals surface area contributed by atoms with E-state index in [1.165, 1.54) is 0 Å². The number of hydrogen-bond acceptors (Lipinski definition) is 4. The zero-order chi connectivity index (χ0) is 15.7. The van der Waals surface area contributed by atoms with Gasteiger partial charge in [-0.3, -0.25) is 4.79 Å². The Kier molecular flexibility index (Phi) is 7.89. The fourth-order valence-corrected chi connectivity index (χ4v) is 1.69. The second-order valence-electron chi connectivity index (χ2n) is 4.77. The van der Waals surface area contributed by atoms with E-state index in [0.717, 1.165) is 5.56 Å². The highest BCUT2D eigenvalue weighted by molar-refractivity contribution is 7.80. The smallest absolute Gasteiger partial charge is 0.226 e. The molecule has 6 heteroatoms. The number of amides is 1. The van der Waals surface area contributed by atoms with E-state index in [9.17, 15) is 4.79 Å². The topological polar surface area (TPSA) is 73.6 Å². The first kappa shape index (κ1) is 17.6. The zero-order valence-corrected chi connectivity index (χ0v) is 13.2. The van der Waals surface area contributed by atoms with Crippen LogP contribution in [0.3, 0.4) is 0 Å². The van der Waals surface area contributed by atoms with Gasteiger partial charge >= 0.3 is 0 Å². The number of anilines is 1. The first-order valence-electron chi connectivity index (χ1n) is 6.88. The Labute approximate surface area is 130 Å². The van der Waals surface area contributed by atoms with Crippen molar-refractivity contribution < 1.29 is 14.3 Å². The van der Waals surface area contributed by atoms with Crippen molar-refractivity contribution in [2.75, 3.05) is 25.1 Å². The summed E-state index contributed by atoms with van der Waals surface area (Å²) < 4.78 is 10.7. The Morgan fingerprint density at radius 2 is 1.90 bits per heavy atom. The molecule has 116 valence electrons. The van der Waals surface area contributed by atoms with Crippen molar-refractivity contribution in [3.05, 3.63) is 29.8 Å². The summed E-state index contributed by atoms with van der Waals surface area (Å²) in [4.78, 5) is 12.0. The number of carbonyl (C=O) groups is 1. The molecule has 0 aromatic heterocycles. The third-order valence-corrected chi connectivity index (χ3v) is 2.84. The molecule has 3 N–H and O–H groups in total. The van der Waals surface area contributed by atoms with Gasteiger partial charge in [-0.2, -0.15) is 0 Å². The number of nitrogens with one attached hydrogen (secondary N) is 1. The third kappa shape index (κ3) is 7.75. The van der Waals surface area contributed by atoms with Gasteiger partial charge in [0.25, 0.3) is 0 Å². The molecule has 0 heterocycles. The van der Waals surface area contributed by atoms with Gasteiger partial charge in [-0.15, -0.1) is 0 Å². The van der Waals surface area contributed by atoms with Crippen molar-refractivity contribution in [3.63, 3.8) is 0 Å². The fourth-order valence-electron chi connectivity index (χ4n) is 1.55. The van der Waals surface area contributed by atoms with Gasteiger partial charge in [0.15, 0.2) is 0 Å². The van der Waals surface area contributed by atoms with Gasteiger partial charge in [-0.05, 0) is 38.1 Å². The van der Waals surface area contributed by atoms with Crippen LogP contribution in [0.15, 0.2) is 24.3 Å². The Balaban J connectivity index is 2.20. The minimum atomic E-state index is -0.0946. The number of benzene rings is 1. The maximum absolute atomic E-state index is 11.7. The molecule has 1 rings (SSSR count). The molecule has 0 saturated heterocycles. The highest BCUT2D eigenvalue weighted by Crippen LogP contribution is 2.09. The van der Waals surface area contributed by atoms with Gasteiger partial charge in [0, 0.05) is 11.3 Å². The second kappa shape index (κ2) is 9.44. The van der Waals surface area contributed by atoms with Crippen LogP contribution in [0.25, 0.3) is 0 Å². The van der Waals surface area contributed by atoms with Gasteiger partial charge in [0.2, 0.25) is 5.91 Å². The van der Waals surface area contributed by atoms with E-state index in [-0.39, 0.29) is 12.0 Å². The van der Waals surface area contributed by atoms with Crippen LogP contribution < -0.4 is 11.1 Å². The summed E-state index contributed by atoms with van der Waals surface area (Å²) in [5.41, 5.74) is 6.99. The van der Waals surface area contributed by atoms with E-state index in [1.54, 1.807) is 24.3 Å². The lowest BCUT2D eigenvalue weighted by Gasteiger charge is -2.08. The number of thiocarbonyl (C=S) groups is 1. The maximum atomic E-state index is 11.7. The summed E-state index contributed by atoms with van der Waals surface area (Å²) >= 11 is 4.86. The minimum Gasteiger partial charge on any atom is -0.389 e. The SMILES string of the molecule is CC(C)OCCOCCC(=O)Nc1ccc(C(N)=S)cc1. The van der Waals surface area contributed by atoms with E-state index in [1.807, 2.05) is 13.8 Å². The molecular formula is C15H22N2O3S. The van der Waals surface area contributed by atoms with Crippen molar-refractivity contribution in [1.29, 1.82) is 0 Å². The van der Waals surface area contributed by atoms with E-state index in [4.69, 9.17) is 27.4 Å². The summed E-state index contributed by atoms with van der Waals surface area (Å²) in [5.74, 6) is -0.0946. The molecule has 0 spiro atoms. The Bertz CT molecular complexity index is 460. The van der Waals surface area contributed by atoms with Gasteiger partial charge in [-0.25, -0.2) is 0 Å². The summed E-state index contributed by atoms with van der Waals surface area (Å²) in [6.45, 7) is 5.35. The molecule has 21 heavy (non-hydrogen) atoms. The molecule has 0 atom stereocenters. The molecule has 0 bridgehead atoms. The summed E-state index contributed by atoms with van der Waals surface area (Å²) in [6, 6.07) is 7.09. The van der Waals surface area contributed by atoms with Crippen LogP contribution in [-0.4, -0.2) is 36.8 Å². The first-order valence-corrected chi connectivity index (χ1v) is 7.29. The number of ether oxygens (including phenoxy) is 2. The van der Waals surface area contributed by atoms with Crippen molar-refractivity contribution in [2.24, 2.45) is 5.73 Å². The van der Waals surface area contributed by atoms with E-state index in [2.05, 4.69) is 5.32 Å². The number of carbonyl (C=O) groups excluding carboxylic acids is 1. The zero-order valence-electron chi connectivity index (χ0n) is 12.4. The van der Waals surface area contributed by atoms with Crippen LogP contribution in [0, 0.1) is 0 Å². The summed E-state index contributed by atoms with van der Waals surface area (Å²) in [6.07, 6.45) is 0.500. The van der Waals surface area contributed by atoms with Gasteiger partial charge in [-0.1, -0.05) is 12.2 Å². The van der Waals surface area contributed by atoms with Crippen LogP contribution in [0.4, 0.5) is 5.69 Å². The largest absolute Gasteiger partial charge is 0.389 e. The van der Waals surface area contributed by atoms with Crippen LogP contribution in [0.2, 0.25) is 0 Å². The standard InChI is InChI=1S/C15H22N2O3S/c1-11(2)20-10-9-19-8-7-14(18)17-13-5-3-12(4-6-13)15(16)21/h3-6,11H,7-10H2,1-2H3,(H2,16,21)(H,17,18). The van der Waals surface area contributed by atoms with Gasteiger partial charge in [0.05, 0.1) is 32.3 Å². The Morgan fingerprint density at radius 1 is 1.24 bits per heavy atom. The molecule has 0 aliphatic carbocycles. The van der Waals surface area contributed by atoms with Crippen LogP contribution in [0.5, 0.6) is 0 Å². The van der Waals surface area contributed by atoms with Crippen LogP contribution >= 0.6 is 12.2 Å². The predicted octanol–water partition coefficient (Wildman–Crippen LogP) is 2.09. The van der Waals surface area contributed by atoms with Crippen LogP contribution in [0.1, 0.15) is 25.8 Å². The maximum Gasteiger partial charge on any atom is 0.226 e. The van der Waals surface area contributed by atoms with Crippen molar-refractivity contribution in [2.45, 2.75) is 26.4 Å². The molecular weight excluding hydrogens is 288 g/mol. The molecule has 5 nitrogen and oxygen atoms in total. The molecule has 1 amide bonds. The third-order valence-electron chi connectivity index (χ3n) is 2.61. The average molecular weight is 310 g/mol. The number of nitrogens with two attached hydrogens (primary N) is 1. The van der Waals surface area contributed by atoms with E-state index >= 15 is 0 Å². The predicted molar refractivity (Wildman–Crippen MR) is 87.5 cm³/mol. The number of hydrogen-bond donors (Lipinski definition) is 2. The van der Waals surface area contributed by atoms with Gasteiger partial charge in [0.1, 0.15) is 4.99 Å². The number of rotatable bonds is 9. The van der Waals surface area contributed by atoms with E-state index in [0.29, 0.717) is 36.9 Å². The summed E-state index contributed by atoms with van der Waals surface area (Å²) in [5, 5.41) is 2.78. The van der Waals surface area contributed by atoms with E-state index < -0.39 is 0 Å². The lowest BCUT2D eigenvalue weighted by molar-refractivity contribution is -0.117. The van der Waals surface area contributed by atoms with Crippen molar-refractivity contribution >= 4 is 28.8 Å². The quantitative estimate of drug-likeness (QED) is 0.540. The lowest BCUT2D eigenvalue weighted by Crippen LogP contribution is -2.16. The Morgan fingerprint density at radius 3 is 2.48 bits per heavy atom. The molecule has 0 aliphatic rings. The molecule has 1 aromatic carbocycles. The normalized spacial score (nSPS) is 10.6. The molecule has 1 aromatic rings. The molecule has 0 unspecified atom stereocenters. The van der Waals surface area contributed by atoms with Crippen molar-refractivity contribution in [1.82, 2.24) is 0 Å².